The highest BCUT2D eigenvalue weighted by molar-refractivity contribution is 7.09. The van der Waals surface area contributed by atoms with Crippen molar-refractivity contribution in [2.45, 2.75) is 45.3 Å². The second-order valence-electron chi connectivity index (χ2n) is 5.30. The quantitative estimate of drug-likeness (QED) is 0.892. The summed E-state index contributed by atoms with van der Waals surface area (Å²) in [6.07, 6.45) is 3.33. The molecule has 0 amide bonds. The third-order valence-corrected chi connectivity index (χ3v) is 4.74. The Morgan fingerprint density at radius 2 is 2.41 bits per heavy atom. The van der Waals surface area contributed by atoms with Gasteiger partial charge in [-0.05, 0) is 50.1 Å². The third kappa shape index (κ3) is 3.54. The summed E-state index contributed by atoms with van der Waals surface area (Å²) in [4.78, 5) is 3.93. The molecule has 1 aliphatic heterocycles. The Hall–Kier alpha value is -0.380. The Balaban J connectivity index is 1.89. The molecule has 0 saturated carbocycles. The molecule has 1 aromatic rings. The molecule has 2 rings (SSSR count). The molecule has 0 bridgehead atoms. The predicted octanol–water partition coefficient (Wildman–Crippen LogP) is 2.77. The minimum Gasteiger partial charge on any atom is -0.392 e. The van der Waals surface area contributed by atoms with Crippen molar-refractivity contribution >= 4 is 11.3 Å². The van der Waals surface area contributed by atoms with Crippen LogP contribution in [0, 0.1) is 5.92 Å². The summed E-state index contributed by atoms with van der Waals surface area (Å²) in [5.74, 6) is 0.757. The standard InChI is InChI=1S/C14H23NOS/c1-11-5-7-15(14(10-11)12(2)16)8-6-13-4-3-9-17-13/h3-4,9,11-12,14,16H,5-8,10H2,1-2H3/t11-,12+,14-/m1/s1. The van der Waals surface area contributed by atoms with Gasteiger partial charge in [-0.1, -0.05) is 13.0 Å². The fourth-order valence-electron chi connectivity index (χ4n) is 2.72. The summed E-state index contributed by atoms with van der Waals surface area (Å²) in [6, 6.07) is 4.68. The van der Waals surface area contributed by atoms with E-state index in [-0.39, 0.29) is 6.10 Å². The molecule has 3 heteroatoms. The Bertz CT molecular complexity index is 323. The van der Waals surface area contributed by atoms with Gasteiger partial charge in [0, 0.05) is 17.5 Å². The second-order valence-corrected chi connectivity index (χ2v) is 6.34. The maximum atomic E-state index is 9.88. The van der Waals surface area contributed by atoms with E-state index < -0.39 is 0 Å². The van der Waals surface area contributed by atoms with E-state index >= 15 is 0 Å². The van der Waals surface area contributed by atoms with Crippen LogP contribution in [0.15, 0.2) is 17.5 Å². The molecule has 0 aliphatic carbocycles. The number of hydrogen-bond donors (Lipinski definition) is 1. The Labute approximate surface area is 108 Å². The number of thiophene rings is 1. The zero-order valence-electron chi connectivity index (χ0n) is 10.8. The molecule has 3 atom stereocenters. The first kappa shape index (κ1) is 13.1. The zero-order chi connectivity index (χ0) is 12.3. The molecule has 2 nitrogen and oxygen atoms in total. The van der Waals surface area contributed by atoms with Gasteiger partial charge in [-0.3, -0.25) is 4.90 Å². The van der Waals surface area contributed by atoms with Gasteiger partial charge in [0.25, 0.3) is 0 Å². The fourth-order valence-corrected chi connectivity index (χ4v) is 3.42. The maximum absolute atomic E-state index is 9.88. The van der Waals surface area contributed by atoms with Crippen LogP contribution in [-0.4, -0.2) is 35.2 Å². The Morgan fingerprint density at radius 3 is 3.06 bits per heavy atom. The Morgan fingerprint density at radius 1 is 1.59 bits per heavy atom. The molecule has 1 saturated heterocycles. The lowest BCUT2D eigenvalue weighted by atomic mass is 9.89. The summed E-state index contributed by atoms with van der Waals surface area (Å²) < 4.78 is 0. The minimum atomic E-state index is -0.207. The lowest BCUT2D eigenvalue weighted by Gasteiger charge is -2.40. The maximum Gasteiger partial charge on any atom is 0.0667 e. The molecule has 2 heterocycles. The van der Waals surface area contributed by atoms with E-state index in [0.29, 0.717) is 6.04 Å². The molecule has 17 heavy (non-hydrogen) atoms. The third-order valence-electron chi connectivity index (χ3n) is 3.80. The van der Waals surface area contributed by atoms with Crippen LogP contribution in [0.3, 0.4) is 0 Å². The fraction of sp³-hybridized carbons (Fsp3) is 0.714. The van der Waals surface area contributed by atoms with E-state index in [4.69, 9.17) is 0 Å². The van der Waals surface area contributed by atoms with Crippen molar-refractivity contribution in [3.8, 4) is 0 Å². The van der Waals surface area contributed by atoms with E-state index in [1.165, 1.54) is 11.3 Å². The van der Waals surface area contributed by atoms with Crippen LogP contribution in [0.2, 0.25) is 0 Å². The number of aliphatic hydroxyl groups is 1. The molecular weight excluding hydrogens is 230 g/mol. The van der Waals surface area contributed by atoms with Crippen LogP contribution < -0.4 is 0 Å². The van der Waals surface area contributed by atoms with Crippen LogP contribution in [-0.2, 0) is 6.42 Å². The van der Waals surface area contributed by atoms with Gasteiger partial charge >= 0.3 is 0 Å². The highest BCUT2D eigenvalue weighted by atomic mass is 32.1. The molecule has 0 aromatic carbocycles. The molecule has 1 N–H and O–H groups in total. The smallest absolute Gasteiger partial charge is 0.0667 e. The largest absolute Gasteiger partial charge is 0.392 e. The van der Waals surface area contributed by atoms with Crippen LogP contribution >= 0.6 is 11.3 Å². The van der Waals surface area contributed by atoms with E-state index in [2.05, 4.69) is 29.3 Å². The van der Waals surface area contributed by atoms with Crippen molar-refractivity contribution < 1.29 is 5.11 Å². The number of nitrogens with zero attached hydrogens (tertiary/aromatic N) is 1. The molecule has 1 aromatic heterocycles. The van der Waals surface area contributed by atoms with E-state index in [0.717, 1.165) is 31.8 Å². The van der Waals surface area contributed by atoms with Crippen molar-refractivity contribution in [2.75, 3.05) is 13.1 Å². The summed E-state index contributed by atoms with van der Waals surface area (Å²) in [5, 5.41) is 12.0. The second kappa shape index (κ2) is 5.98. The van der Waals surface area contributed by atoms with Crippen molar-refractivity contribution in [2.24, 2.45) is 5.92 Å². The number of likely N-dealkylation sites (tertiary alicyclic amines) is 1. The number of hydrogen-bond acceptors (Lipinski definition) is 3. The Kier molecular flexibility index (Phi) is 4.60. The van der Waals surface area contributed by atoms with Crippen molar-refractivity contribution in [3.05, 3.63) is 22.4 Å². The van der Waals surface area contributed by atoms with Crippen LogP contribution in [0.4, 0.5) is 0 Å². The zero-order valence-corrected chi connectivity index (χ0v) is 11.6. The first-order valence-electron chi connectivity index (χ1n) is 6.61. The first-order chi connectivity index (χ1) is 8.16. The normalized spacial score (nSPS) is 28.2. The number of rotatable bonds is 4. The number of aliphatic hydroxyl groups excluding tert-OH is 1. The van der Waals surface area contributed by atoms with Crippen LogP contribution in [0.25, 0.3) is 0 Å². The van der Waals surface area contributed by atoms with E-state index in [9.17, 15) is 5.11 Å². The molecular formula is C14H23NOS. The topological polar surface area (TPSA) is 23.5 Å². The molecule has 1 aliphatic rings. The number of piperidine rings is 1. The summed E-state index contributed by atoms with van der Waals surface area (Å²) in [7, 11) is 0. The van der Waals surface area contributed by atoms with Gasteiger partial charge in [-0.25, -0.2) is 0 Å². The van der Waals surface area contributed by atoms with Gasteiger partial charge in [0.1, 0.15) is 0 Å². The lowest BCUT2D eigenvalue weighted by molar-refractivity contribution is 0.0219. The molecule has 1 fully saturated rings. The van der Waals surface area contributed by atoms with Gasteiger partial charge in [0.05, 0.1) is 6.10 Å². The van der Waals surface area contributed by atoms with E-state index in [1.54, 1.807) is 0 Å². The van der Waals surface area contributed by atoms with E-state index in [1.807, 2.05) is 18.3 Å². The van der Waals surface area contributed by atoms with Gasteiger partial charge in [0.2, 0.25) is 0 Å². The van der Waals surface area contributed by atoms with Crippen LogP contribution in [0.5, 0.6) is 0 Å². The summed E-state index contributed by atoms with van der Waals surface area (Å²) in [5.41, 5.74) is 0. The van der Waals surface area contributed by atoms with Gasteiger partial charge in [-0.2, -0.15) is 0 Å². The highest BCUT2D eigenvalue weighted by Crippen LogP contribution is 2.25. The SMILES string of the molecule is C[C@@H]1CCN(CCc2cccs2)[C@@H]([C@H](C)O)C1. The van der Waals surface area contributed by atoms with Gasteiger partial charge in [-0.15, -0.1) is 11.3 Å². The molecule has 0 unspecified atom stereocenters. The summed E-state index contributed by atoms with van der Waals surface area (Å²) in [6.45, 7) is 6.46. The van der Waals surface area contributed by atoms with Gasteiger partial charge in [0.15, 0.2) is 0 Å². The monoisotopic (exact) mass is 253 g/mol. The predicted molar refractivity (Wildman–Crippen MR) is 73.5 cm³/mol. The average Bonchev–Trinajstić information content (AvgIpc) is 2.80. The molecule has 0 radical (unpaired) electrons. The van der Waals surface area contributed by atoms with Crippen molar-refractivity contribution in [1.82, 2.24) is 4.90 Å². The first-order valence-corrected chi connectivity index (χ1v) is 7.49. The summed E-state index contributed by atoms with van der Waals surface area (Å²) >= 11 is 1.83. The van der Waals surface area contributed by atoms with Crippen molar-refractivity contribution in [1.29, 1.82) is 0 Å². The average molecular weight is 253 g/mol. The molecule has 96 valence electrons. The lowest BCUT2D eigenvalue weighted by Crippen LogP contribution is -2.48. The van der Waals surface area contributed by atoms with Gasteiger partial charge < -0.3 is 5.11 Å². The minimum absolute atomic E-state index is 0.207. The highest BCUT2D eigenvalue weighted by Gasteiger charge is 2.29. The van der Waals surface area contributed by atoms with Crippen molar-refractivity contribution in [3.63, 3.8) is 0 Å². The van der Waals surface area contributed by atoms with Crippen LogP contribution in [0.1, 0.15) is 31.6 Å². The molecule has 0 spiro atoms.